The largest absolute Gasteiger partial charge is 0.338 e. The second-order valence-corrected chi connectivity index (χ2v) is 4.55. The van der Waals surface area contributed by atoms with Crippen molar-refractivity contribution in [3.63, 3.8) is 0 Å². The van der Waals surface area contributed by atoms with Gasteiger partial charge in [-0.3, -0.25) is 5.10 Å². The summed E-state index contributed by atoms with van der Waals surface area (Å²) >= 11 is 0. The van der Waals surface area contributed by atoms with E-state index in [4.69, 9.17) is 4.52 Å². The molecule has 2 N–H and O–H groups in total. The fraction of sp³-hybridized carbons (Fsp3) is 0.667. The maximum absolute atomic E-state index is 5.35. The average Bonchev–Trinajstić information content (AvgIpc) is 3.07. The second kappa shape index (κ2) is 6.42. The van der Waals surface area contributed by atoms with Crippen LogP contribution in [0.1, 0.15) is 45.4 Å². The molecule has 0 radical (unpaired) electrons. The predicted molar refractivity (Wildman–Crippen MR) is 70.5 cm³/mol. The third-order valence-electron chi connectivity index (χ3n) is 3.15. The van der Waals surface area contributed by atoms with E-state index in [-0.39, 0.29) is 5.92 Å². The number of H-pyrrole nitrogens is 1. The Morgan fingerprint density at radius 3 is 2.89 bits per heavy atom. The Hall–Kier alpha value is -1.76. The number of hydrogen-bond donors (Lipinski definition) is 2. The lowest BCUT2D eigenvalue weighted by atomic mass is 9.98. The lowest BCUT2D eigenvalue weighted by Gasteiger charge is -2.20. The maximum Gasteiger partial charge on any atom is 0.239 e. The van der Waals surface area contributed by atoms with Gasteiger partial charge in [-0.25, -0.2) is 4.98 Å². The van der Waals surface area contributed by atoms with E-state index in [9.17, 15) is 0 Å². The highest BCUT2D eigenvalue weighted by Crippen LogP contribution is 2.23. The van der Waals surface area contributed by atoms with Gasteiger partial charge in [0.15, 0.2) is 5.82 Å². The molecule has 0 fully saturated rings. The monoisotopic (exact) mass is 264 g/mol. The Morgan fingerprint density at radius 2 is 2.26 bits per heavy atom. The van der Waals surface area contributed by atoms with Crippen LogP contribution < -0.4 is 5.32 Å². The first-order valence-corrected chi connectivity index (χ1v) is 6.69. The molecule has 0 aliphatic heterocycles. The SMILES string of the molecule is CCCNC(C)C(CC)c1nc(-c2ncn[nH]2)no1. The van der Waals surface area contributed by atoms with Crippen LogP contribution in [-0.4, -0.2) is 37.9 Å². The molecule has 0 aromatic carbocycles. The second-order valence-electron chi connectivity index (χ2n) is 4.55. The van der Waals surface area contributed by atoms with E-state index in [0.29, 0.717) is 23.6 Å². The van der Waals surface area contributed by atoms with Crippen LogP contribution in [0.4, 0.5) is 0 Å². The Morgan fingerprint density at radius 1 is 1.42 bits per heavy atom. The molecule has 7 nitrogen and oxygen atoms in total. The van der Waals surface area contributed by atoms with Gasteiger partial charge in [0.2, 0.25) is 11.7 Å². The average molecular weight is 264 g/mol. The van der Waals surface area contributed by atoms with Gasteiger partial charge in [-0.1, -0.05) is 19.0 Å². The van der Waals surface area contributed by atoms with Crippen molar-refractivity contribution in [2.45, 2.75) is 45.6 Å². The van der Waals surface area contributed by atoms with Crippen LogP contribution in [0.25, 0.3) is 11.6 Å². The topological polar surface area (TPSA) is 92.5 Å². The molecule has 0 aliphatic rings. The normalized spacial score (nSPS) is 14.5. The van der Waals surface area contributed by atoms with Crippen LogP contribution in [0.2, 0.25) is 0 Å². The number of aromatic nitrogens is 5. The Kier molecular flexibility index (Phi) is 4.62. The summed E-state index contributed by atoms with van der Waals surface area (Å²) in [4.78, 5) is 8.41. The van der Waals surface area contributed by atoms with Crippen molar-refractivity contribution in [1.82, 2.24) is 30.6 Å². The van der Waals surface area contributed by atoms with Crippen molar-refractivity contribution in [3.8, 4) is 11.6 Å². The van der Waals surface area contributed by atoms with E-state index in [0.717, 1.165) is 19.4 Å². The van der Waals surface area contributed by atoms with Crippen LogP contribution in [-0.2, 0) is 0 Å². The summed E-state index contributed by atoms with van der Waals surface area (Å²) < 4.78 is 5.35. The molecule has 104 valence electrons. The number of hydrogen-bond acceptors (Lipinski definition) is 6. The standard InChI is InChI=1S/C12H20N6O/c1-4-6-13-8(3)9(5-2)12-16-11(18-19-12)10-14-7-15-17-10/h7-9,13H,4-6H2,1-3H3,(H,14,15,17). The number of aromatic amines is 1. The van der Waals surface area contributed by atoms with E-state index < -0.39 is 0 Å². The summed E-state index contributed by atoms with van der Waals surface area (Å²) in [6.07, 6.45) is 3.47. The first kappa shape index (κ1) is 13.7. The van der Waals surface area contributed by atoms with E-state index in [2.05, 4.69) is 51.4 Å². The van der Waals surface area contributed by atoms with Gasteiger partial charge < -0.3 is 9.84 Å². The first-order valence-electron chi connectivity index (χ1n) is 6.69. The molecule has 0 spiro atoms. The van der Waals surface area contributed by atoms with Crippen LogP contribution in [0.5, 0.6) is 0 Å². The molecule has 0 bridgehead atoms. The lowest BCUT2D eigenvalue weighted by Crippen LogP contribution is -2.32. The molecule has 2 heterocycles. The number of nitrogens with one attached hydrogen (secondary N) is 2. The van der Waals surface area contributed by atoms with Gasteiger partial charge in [-0.05, 0) is 26.3 Å². The first-order chi connectivity index (χ1) is 9.26. The van der Waals surface area contributed by atoms with E-state index in [1.807, 2.05) is 0 Å². The van der Waals surface area contributed by atoms with Gasteiger partial charge in [0.05, 0.1) is 5.92 Å². The molecule has 0 saturated carbocycles. The minimum atomic E-state index is 0.204. The van der Waals surface area contributed by atoms with Crippen molar-refractivity contribution in [1.29, 1.82) is 0 Å². The summed E-state index contributed by atoms with van der Waals surface area (Å²) in [7, 11) is 0. The minimum Gasteiger partial charge on any atom is -0.338 e. The minimum absolute atomic E-state index is 0.204. The number of rotatable bonds is 7. The lowest BCUT2D eigenvalue weighted by molar-refractivity contribution is 0.316. The third kappa shape index (κ3) is 3.17. The maximum atomic E-state index is 5.35. The summed E-state index contributed by atoms with van der Waals surface area (Å²) in [5, 5.41) is 13.9. The highest BCUT2D eigenvalue weighted by molar-refractivity contribution is 5.39. The molecule has 0 aliphatic carbocycles. The molecule has 2 rings (SSSR count). The van der Waals surface area contributed by atoms with Gasteiger partial charge in [0.25, 0.3) is 0 Å². The van der Waals surface area contributed by atoms with Gasteiger partial charge in [0, 0.05) is 6.04 Å². The molecule has 2 aromatic rings. The molecule has 2 aromatic heterocycles. The highest BCUT2D eigenvalue weighted by Gasteiger charge is 2.24. The number of nitrogens with zero attached hydrogens (tertiary/aromatic N) is 4. The Bertz CT molecular complexity index is 480. The molecule has 0 saturated heterocycles. The van der Waals surface area contributed by atoms with Gasteiger partial charge in [0.1, 0.15) is 6.33 Å². The van der Waals surface area contributed by atoms with E-state index in [1.54, 1.807) is 0 Å². The zero-order valence-electron chi connectivity index (χ0n) is 11.6. The Balaban J connectivity index is 2.11. The van der Waals surface area contributed by atoms with Crippen LogP contribution in [0, 0.1) is 0 Å². The van der Waals surface area contributed by atoms with E-state index >= 15 is 0 Å². The van der Waals surface area contributed by atoms with E-state index in [1.165, 1.54) is 6.33 Å². The van der Waals surface area contributed by atoms with Crippen LogP contribution in [0.15, 0.2) is 10.9 Å². The molecule has 2 atom stereocenters. The van der Waals surface area contributed by atoms with Crippen LogP contribution >= 0.6 is 0 Å². The van der Waals surface area contributed by atoms with Gasteiger partial charge in [-0.15, -0.1) is 0 Å². The quantitative estimate of drug-likeness (QED) is 0.791. The van der Waals surface area contributed by atoms with Crippen molar-refractivity contribution in [2.75, 3.05) is 6.54 Å². The van der Waals surface area contributed by atoms with Crippen molar-refractivity contribution < 1.29 is 4.52 Å². The summed E-state index contributed by atoms with van der Waals surface area (Å²) in [5.74, 6) is 1.83. The van der Waals surface area contributed by atoms with Gasteiger partial charge in [-0.2, -0.15) is 10.1 Å². The zero-order chi connectivity index (χ0) is 13.7. The van der Waals surface area contributed by atoms with Crippen molar-refractivity contribution in [3.05, 3.63) is 12.2 Å². The molecular formula is C12H20N6O. The summed E-state index contributed by atoms with van der Waals surface area (Å²) in [5.41, 5.74) is 0. The molecule has 7 heteroatoms. The molecule has 0 amide bonds. The molecule has 2 unspecified atom stereocenters. The summed E-state index contributed by atoms with van der Waals surface area (Å²) in [6.45, 7) is 7.39. The molecule has 19 heavy (non-hydrogen) atoms. The summed E-state index contributed by atoms with van der Waals surface area (Å²) in [6, 6.07) is 0.299. The van der Waals surface area contributed by atoms with Gasteiger partial charge >= 0.3 is 0 Å². The fourth-order valence-electron chi connectivity index (χ4n) is 2.05. The highest BCUT2D eigenvalue weighted by atomic mass is 16.5. The predicted octanol–water partition coefficient (Wildman–Crippen LogP) is 1.74. The fourth-order valence-corrected chi connectivity index (χ4v) is 2.05. The zero-order valence-corrected chi connectivity index (χ0v) is 11.6. The smallest absolute Gasteiger partial charge is 0.239 e. The Labute approximate surface area is 112 Å². The van der Waals surface area contributed by atoms with Crippen molar-refractivity contribution in [2.24, 2.45) is 0 Å². The van der Waals surface area contributed by atoms with Crippen molar-refractivity contribution >= 4 is 0 Å². The third-order valence-corrected chi connectivity index (χ3v) is 3.15. The molecular weight excluding hydrogens is 244 g/mol. The van der Waals surface area contributed by atoms with Crippen LogP contribution in [0.3, 0.4) is 0 Å².